The molecule has 5 rings (SSSR count). The SMILES string of the molecule is O=C(c1ccc(OCc2ccccc2)cc1)N1CCN(C(=O)c2ccc(-n3ccnc3)cc2)CC1. The number of nitrogens with zero attached hydrogens (tertiary/aromatic N) is 4. The predicted molar refractivity (Wildman–Crippen MR) is 133 cm³/mol. The first kappa shape index (κ1) is 22.4. The molecule has 0 unspecified atom stereocenters. The number of hydrogen-bond acceptors (Lipinski definition) is 4. The quantitative estimate of drug-likeness (QED) is 0.430. The molecule has 35 heavy (non-hydrogen) atoms. The number of amides is 2. The third-order valence-electron chi connectivity index (χ3n) is 6.12. The zero-order chi connectivity index (χ0) is 24.0. The normalized spacial score (nSPS) is 13.5. The number of ether oxygens (including phenoxy) is 1. The van der Waals surface area contributed by atoms with Crippen molar-refractivity contribution in [3.63, 3.8) is 0 Å². The molecule has 0 aliphatic carbocycles. The van der Waals surface area contributed by atoms with E-state index in [1.807, 2.05) is 77.5 Å². The van der Waals surface area contributed by atoms with E-state index in [2.05, 4.69) is 4.98 Å². The molecule has 3 aromatic carbocycles. The number of imidazole rings is 1. The van der Waals surface area contributed by atoms with Gasteiger partial charge in [-0.15, -0.1) is 0 Å². The topological polar surface area (TPSA) is 67.7 Å². The molecule has 2 heterocycles. The molecular weight excluding hydrogens is 440 g/mol. The first-order chi connectivity index (χ1) is 17.2. The lowest BCUT2D eigenvalue weighted by molar-refractivity contribution is 0.0535. The van der Waals surface area contributed by atoms with Crippen LogP contribution in [0.3, 0.4) is 0 Å². The molecular formula is C28H26N4O3. The van der Waals surface area contributed by atoms with Crippen LogP contribution in [-0.4, -0.2) is 57.3 Å². The smallest absolute Gasteiger partial charge is 0.253 e. The van der Waals surface area contributed by atoms with Gasteiger partial charge in [0.2, 0.25) is 0 Å². The number of piperazine rings is 1. The third kappa shape index (κ3) is 5.24. The first-order valence-corrected chi connectivity index (χ1v) is 11.6. The molecule has 1 fully saturated rings. The number of carbonyl (C=O) groups excluding carboxylic acids is 2. The maximum Gasteiger partial charge on any atom is 0.253 e. The van der Waals surface area contributed by atoms with Crippen molar-refractivity contribution >= 4 is 11.8 Å². The lowest BCUT2D eigenvalue weighted by Gasteiger charge is -2.35. The molecule has 0 radical (unpaired) electrons. The summed E-state index contributed by atoms with van der Waals surface area (Å²) in [6.07, 6.45) is 5.30. The van der Waals surface area contributed by atoms with Gasteiger partial charge in [0.05, 0.1) is 6.33 Å². The average molecular weight is 467 g/mol. The summed E-state index contributed by atoms with van der Waals surface area (Å²) in [5.74, 6) is 0.672. The summed E-state index contributed by atoms with van der Waals surface area (Å²) in [5, 5.41) is 0. The number of aromatic nitrogens is 2. The van der Waals surface area contributed by atoms with Gasteiger partial charge in [-0.3, -0.25) is 9.59 Å². The highest BCUT2D eigenvalue weighted by atomic mass is 16.5. The molecule has 7 heteroatoms. The lowest BCUT2D eigenvalue weighted by Crippen LogP contribution is -2.50. The molecule has 1 saturated heterocycles. The fourth-order valence-electron chi connectivity index (χ4n) is 4.10. The summed E-state index contributed by atoms with van der Waals surface area (Å²) in [5.41, 5.74) is 3.30. The molecule has 176 valence electrons. The minimum absolute atomic E-state index is 0.0193. The maximum absolute atomic E-state index is 13.0. The van der Waals surface area contributed by atoms with Crippen LogP contribution in [0, 0.1) is 0 Å². The highest BCUT2D eigenvalue weighted by Gasteiger charge is 2.25. The van der Waals surface area contributed by atoms with Crippen LogP contribution < -0.4 is 4.74 Å². The molecule has 0 N–H and O–H groups in total. The van der Waals surface area contributed by atoms with Crippen molar-refractivity contribution in [3.05, 3.63) is 114 Å². The highest BCUT2D eigenvalue weighted by molar-refractivity contribution is 5.96. The van der Waals surface area contributed by atoms with E-state index in [1.54, 1.807) is 34.5 Å². The molecule has 0 bridgehead atoms. The Morgan fingerprint density at radius 2 is 1.31 bits per heavy atom. The van der Waals surface area contributed by atoms with E-state index in [0.29, 0.717) is 43.9 Å². The van der Waals surface area contributed by atoms with Crippen LogP contribution in [0.15, 0.2) is 97.6 Å². The van der Waals surface area contributed by atoms with Gasteiger partial charge in [-0.05, 0) is 54.1 Å². The Bertz CT molecular complexity index is 1260. The second kappa shape index (κ2) is 10.3. The number of benzene rings is 3. The Morgan fingerprint density at radius 3 is 1.86 bits per heavy atom. The second-order valence-electron chi connectivity index (χ2n) is 8.40. The lowest BCUT2D eigenvalue weighted by atomic mass is 10.1. The molecule has 7 nitrogen and oxygen atoms in total. The first-order valence-electron chi connectivity index (χ1n) is 11.6. The average Bonchev–Trinajstić information content (AvgIpc) is 3.47. The van der Waals surface area contributed by atoms with E-state index in [-0.39, 0.29) is 11.8 Å². The fraction of sp³-hybridized carbons (Fsp3) is 0.179. The Kier molecular flexibility index (Phi) is 6.57. The fourth-order valence-corrected chi connectivity index (χ4v) is 4.10. The van der Waals surface area contributed by atoms with Gasteiger partial charge in [-0.2, -0.15) is 0 Å². The van der Waals surface area contributed by atoms with Crippen LogP contribution >= 0.6 is 0 Å². The highest BCUT2D eigenvalue weighted by Crippen LogP contribution is 2.18. The van der Waals surface area contributed by atoms with Crippen LogP contribution in [0.2, 0.25) is 0 Å². The van der Waals surface area contributed by atoms with Crippen molar-refractivity contribution < 1.29 is 14.3 Å². The molecule has 0 atom stereocenters. The number of rotatable bonds is 6. The van der Waals surface area contributed by atoms with E-state index in [0.717, 1.165) is 17.0 Å². The summed E-state index contributed by atoms with van der Waals surface area (Å²) >= 11 is 0. The van der Waals surface area contributed by atoms with Crippen LogP contribution in [0.5, 0.6) is 5.75 Å². The molecule has 4 aromatic rings. The van der Waals surface area contributed by atoms with Gasteiger partial charge >= 0.3 is 0 Å². The molecule has 0 spiro atoms. The largest absolute Gasteiger partial charge is 0.489 e. The van der Waals surface area contributed by atoms with Gasteiger partial charge in [0.1, 0.15) is 12.4 Å². The molecule has 0 saturated carbocycles. The summed E-state index contributed by atoms with van der Waals surface area (Å²) in [6.45, 7) is 2.50. The zero-order valence-electron chi connectivity index (χ0n) is 19.3. The Hall–Kier alpha value is -4.39. The monoisotopic (exact) mass is 466 g/mol. The third-order valence-corrected chi connectivity index (χ3v) is 6.12. The van der Waals surface area contributed by atoms with Crippen molar-refractivity contribution in [1.29, 1.82) is 0 Å². The van der Waals surface area contributed by atoms with Crippen LogP contribution in [0.1, 0.15) is 26.3 Å². The van der Waals surface area contributed by atoms with E-state index >= 15 is 0 Å². The Balaban J connectivity index is 1.13. The standard InChI is InChI=1S/C28H26N4O3/c33-27(23-6-10-25(11-7-23)32-15-14-29-21-32)30-16-18-31(19-17-30)28(34)24-8-12-26(13-9-24)35-20-22-4-2-1-3-5-22/h1-15,21H,16-20H2. The van der Waals surface area contributed by atoms with Crippen molar-refractivity contribution in [1.82, 2.24) is 19.4 Å². The van der Waals surface area contributed by atoms with Crippen LogP contribution in [0.25, 0.3) is 5.69 Å². The van der Waals surface area contributed by atoms with Gasteiger partial charge in [-0.1, -0.05) is 30.3 Å². The van der Waals surface area contributed by atoms with Crippen molar-refractivity contribution in [2.75, 3.05) is 26.2 Å². The minimum Gasteiger partial charge on any atom is -0.489 e. The molecule has 1 aromatic heterocycles. The van der Waals surface area contributed by atoms with Crippen LogP contribution in [0.4, 0.5) is 0 Å². The Labute approximate surface area is 204 Å². The summed E-state index contributed by atoms with van der Waals surface area (Å²) < 4.78 is 7.70. The molecule has 1 aliphatic rings. The molecule has 1 aliphatic heterocycles. The van der Waals surface area contributed by atoms with Gasteiger partial charge in [0, 0.05) is 55.4 Å². The predicted octanol–water partition coefficient (Wildman–Crippen LogP) is 4.05. The van der Waals surface area contributed by atoms with Gasteiger partial charge in [-0.25, -0.2) is 4.98 Å². The minimum atomic E-state index is -0.0311. The summed E-state index contributed by atoms with van der Waals surface area (Å²) in [4.78, 5) is 33.5. The summed E-state index contributed by atoms with van der Waals surface area (Å²) in [7, 11) is 0. The van der Waals surface area contributed by atoms with E-state index in [1.165, 1.54) is 0 Å². The maximum atomic E-state index is 13.0. The number of hydrogen-bond donors (Lipinski definition) is 0. The van der Waals surface area contributed by atoms with E-state index in [9.17, 15) is 9.59 Å². The van der Waals surface area contributed by atoms with Gasteiger partial charge in [0.25, 0.3) is 11.8 Å². The van der Waals surface area contributed by atoms with Crippen molar-refractivity contribution in [3.8, 4) is 11.4 Å². The second-order valence-corrected chi connectivity index (χ2v) is 8.40. The van der Waals surface area contributed by atoms with Crippen molar-refractivity contribution in [2.45, 2.75) is 6.61 Å². The molecule has 2 amide bonds. The zero-order valence-corrected chi connectivity index (χ0v) is 19.3. The number of carbonyl (C=O) groups is 2. The van der Waals surface area contributed by atoms with E-state index < -0.39 is 0 Å². The summed E-state index contributed by atoms with van der Waals surface area (Å²) in [6, 6.07) is 24.7. The van der Waals surface area contributed by atoms with Gasteiger partial charge in [0.15, 0.2) is 0 Å². The van der Waals surface area contributed by atoms with Gasteiger partial charge < -0.3 is 19.1 Å². The Morgan fingerprint density at radius 1 is 0.743 bits per heavy atom. The van der Waals surface area contributed by atoms with Crippen LogP contribution in [-0.2, 0) is 6.61 Å². The van der Waals surface area contributed by atoms with E-state index in [4.69, 9.17) is 4.74 Å². The van der Waals surface area contributed by atoms with Crippen molar-refractivity contribution in [2.24, 2.45) is 0 Å².